The van der Waals surface area contributed by atoms with Crippen molar-refractivity contribution in [3.8, 4) is 0 Å². The predicted octanol–water partition coefficient (Wildman–Crippen LogP) is 3.02. The van der Waals surface area contributed by atoms with Crippen LogP contribution in [-0.4, -0.2) is 31.3 Å². The quantitative estimate of drug-likeness (QED) is 0.491. The van der Waals surface area contributed by atoms with E-state index < -0.39 is 18.1 Å². The van der Waals surface area contributed by atoms with Crippen LogP contribution in [-0.2, 0) is 14.3 Å². The van der Waals surface area contributed by atoms with E-state index in [0.717, 1.165) is 19.3 Å². The second-order valence-electron chi connectivity index (χ2n) is 4.58. The van der Waals surface area contributed by atoms with Crippen LogP contribution in [0.4, 0.5) is 4.79 Å². The number of alkyl carbamates (subject to hydrolysis) is 1. The summed E-state index contributed by atoms with van der Waals surface area (Å²) >= 11 is 0. The molecule has 0 aromatic carbocycles. The summed E-state index contributed by atoms with van der Waals surface area (Å²) in [4.78, 5) is 22.8. The number of hydrogen-bond acceptors (Lipinski definition) is 4. The van der Waals surface area contributed by atoms with Gasteiger partial charge in [-0.25, -0.2) is 9.59 Å². The second-order valence-corrected chi connectivity index (χ2v) is 4.58. The van der Waals surface area contributed by atoms with Crippen LogP contribution in [0.2, 0.25) is 0 Å². The third-order valence-corrected chi connectivity index (χ3v) is 2.62. The normalized spacial score (nSPS) is 11.7. The van der Waals surface area contributed by atoms with E-state index in [1.807, 2.05) is 6.92 Å². The van der Waals surface area contributed by atoms with Gasteiger partial charge >= 0.3 is 12.1 Å². The van der Waals surface area contributed by atoms with Gasteiger partial charge < -0.3 is 14.8 Å². The summed E-state index contributed by atoms with van der Waals surface area (Å²) in [5, 5.41) is 2.44. The van der Waals surface area contributed by atoms with Crippen molar-refractivity contribution in [3.05, 3.63) is 0 Å². The monoisotopic (exact) mass is 273 g/mol. The van der Waals surface area contributed by atoms with E-state index in [1.165, 1.54) is 19.3 Å². The Bertz CT molecular complexity index is 256. The number of amides is 1. The summed E-state index contributed by atoms with van der Waals surface area (Å²) in [5.74, 6) is -0.413. The highest BCUT2D eigenvalue weighted by Crippen LogP contribution is 2.02. The first-order chi connectivity index (χ1) is 9.11. The van der Waals surface area contributed by atoms with Gasteiger partial charge in [0.25, 0.3) is 0 Å². The van der Waals surface area contributed by atoms with Crippen LogP contribution < -0.4 is 5.32 Å². The Kier molecular flexibility index (Phi) is 11.0. The molecule has 0 bridgehead atoms. The molecule has 19 heavy (non-hydrogen) atoms. The summed E-state index contributed by atoms with van der Waals surface area (Å²) < 4.78 is 9.90. The first-order valence-electron chi connectivity index (χ1n) is 7.21. The van der Waals surface area contributed by atoms with Crippen molar-refractivity contribution >= 4 is 12.1 Å². The van der Waals surface area contributed by atoms with E-state index in [9.17, 15) is 9.59 Å². The van der Waals surface area contributed by atoms with Crippen LogP contribution in [0.3, 0.4) is 0 Å². The number of unbranched alkanes of at least 4 members (excludes halogenated alkanes) is 4. The maximum absolute atomic E-state index is 11.5. The third kappa shape index (κ3) is 10.4. The average Bonchev–Trinajstić information content (AvgIpc) is 2.40. The highest BCUT2D eigenvalue weighted by atomic mass is 16.6. The van der Waals surface area contributed by atoms with Crippen molar-refractivity contribution in [2.24, 2.45) is 0 Å². The molecule has 1 N–H and O–H groups in total. The number of ether oxygens (including phenoxy) is 2. The molecule has 0 radical (unpaired) electrons. The molecule has 5 nitrogen and oxygen atoms in total. The van der Waals surface area contributed by atoms with Gasteiger partial charge in [0.15, 0.2) is 0 Å². The molecule has 0 fully saturated rings. The molecule has 0 aliphatic rings. The van der Waals surface area contributed by atoms with Crippen LogP contribution in [0, 0.1) is 0 Å². The zero-order valence-electron chi connectivity index (χ0n) is 12.4. The smallest absolute Gasteiger partial charge is 0.407 e. The second kappa shape index (κ2) is 11.8. The van der Waals surface area contributed by atoms with Crippen molar-refractivity contribution in [1.82, 2.24) is 5.32 Å². The van der Waals surface area contributed by atoms with Crippen LogP contribution >= 0.6 is 0 Å². The highest BCUT2D eigenvalue weighted by Gasteiger charge is 2.17. The van der Waals surface area contributed by atoms with Crippen molar-refractivity contribution in [2.45, 2.75) is 65.3 Å². The van der Waals surface area contributed by atoms with Gasteiger partial charge in [-0.1, -0.05) is 39.5 Å². The van der Waals surface area contributed by atoms with E-state index in [4.69, 9.17) is 9.47 Å². The number of rotatable bonds is 10. The summed E-state index contributed by atoms with van der Waals surface area (Å²) in [6, 6.07) is -0.667. The largest absolute Gasteiger partial charge is 0.464 e. The Labute approximate surface area is 116 Å². The van der Waals surface area contributed by atoms with Crippen molar-refractivity contribution < 1.29 is 19.1 Å². The summed E-state index contributed by atoms with van der Waals surface area (Å²) in [7, 11) is 0. The minimum atomic E-state index is -0.667. The lowest BCUT2D eigenvalue weighted by molar-refractivity contribution is -0.145. The third-order valence-electron chi connectivity index (χ3n) is 2.62. The fraction of sp³-hybridized carbons (Fsp3) is 0.857. The number of hydrogen-bond donors (Lipinski definition) is 1. The minimum Gasteiger partial charge on any atom is -0.464 e. The Morgan fingerprint density at radius 2 is 1.63 bits per heavy atom. The predicted molar refractivity (Wildman–Crippen MR) is 74.0 cm³/mol. The lowest BCUT2D eigenvalue weighted by atomic mass is 10.2. The molecular formula is C14H27NO4. The molecule has 5 heteroatoms. The Balaban J connectivity index is 3.61. The standard InChI is InChI=1S/C14H27NO4/c1-4-6-7-8-9-11-18-13(16)12(3)15-14(17)19-10-5-2/h12H,4-11H2,1-3H3,(H,15,17)/t12-/m0/s1. The molecule has 0 aliphatic carbocycles. The number of esters is 1. The number of carbonyl (C=O) groups is 2. The van der Waals surface area contributed by atoms with Crippen LogP contribution in [0.25, 0.3) is 0 Å². The van der Waals surface area contributed by atoms with Gasteiger partial charge in [0.05, 0.1) is 13.2 Å². The molecule has 1 atom stereocenters. The van der Waals surface area contributed by atoms with E-state index in [1.54, 1.807) is 6.92 Å². The number of nitrogens with one attached hydrogen (secondary N) is 1. The molecule has 0 unspecified atom stereocenters. The Morgan fingerprint density at radius 1 is 0.947 bits per heavy atom. The van der Waals surface area contributed by atoms with Gasteiger partial charge in [-0.15, -0.1) is 0 Å². The first kappa shape index (κ1) is 17.7. The zero-order valence-corrected chi connectivity index (χ0v) is 12.4. The van der Waals surface area contributed by atoms with Crippen molar-refractivity contribution in [3.63, 3.8) is 0 Å². The summed E-state index contributed by atoms with van der Waals surface area (Å²) in [5.41, 5.74) is 0. The SMILES string of the molecule is CCCCCCCOC(=O)[C@H](C)NC(=O)OCCC. The zero-order chi connectivity index (χ0) is 14.5. The molecule has 0 aromatic rings. The maximum atomic E-state index is 11.5. The van der Waals surface area contributed by atoms with Gasteiger partial charge in [-0.05, 0) is 19.8 Å². The van der Waals surface area contributed by atoms with E-state index in [0.29, 0.717) is 13.2 Å². The topological polar surface area (TPSA) is 64.6 Å². The summed E-state index contributed by atoms with van der Waals surface area (Å²) in [6.45, 7) is 6.42. The van der Waals surface area contributed by atoms with Crippen LogP contribution in [0.1, 0.15) is 59.3 Å². The van der Waals surface area contributed by atoms with E-state index in [2.05, 4.69) is 12.2 Å². The average molecular weight is 273 g/mol. The van der Waals surface area contributed by atoms with E-state index >= 15 is 0 Å². The molecule has 1 amide bonds. The fourth-order valence-electron chi connectivity index (χ4n) is 1.48. The Morgan fingerprint density at radius 3 is 2.26 bits per heavy atom. The molecule has 0 aliphatic heterocycles. The van der Waals surface area contributed by atoms with E-state index in [-0.39, 0.29) is 0 Å². The molecule has 0 rings (SSSR count). The van der Waals surface area contributed by atoms with Gasteiger partial charge in [-0.2, -0.15) is 0 Å². The molecule has 0 saturated heterocycles. The van der Waals surface area contributed by atoms with Gasteiger partial charge in [0, 0.05) is 0 Å². The molecule has 112 valence electrons. The lowest BCUT2D eigenvalue weighted by Crippen LogP contribution is -2.40. The molecular weight excluding hydrogens is 246 g/mol. The van der Waals surface area contributed by atoms with Gasteiger partial charge in [-0.3, -0.25) is 0 Å². The van der Waals surface area contributed by atoms with Crippen LogP contribution in [0.5, 0.6) is 0 Å². The molecule has 0 aromatic heterocycles. The summed E-state index contributed by atoms with van der Waals surface area (Å²) in [6.07, 6.45) is 5.71. The Hall–Kier alpha value is -1.26. The molecule has 0 spiro atoms. The number of carbonyl (C=O) groups excluding carboxylic acids is 2. The highest BCUT2D eigenvalue weighted by molar-refractivity contribution is 5.80. The first-order valence-corrected chi connectivity index (χ1v) is 7.21. The van der Waals surface area contributed by atoms with Crippen LogP contribution in [0.15, 0.2) is 0 Å². The van der Waals surface area contributed by atoms with Gasteiger partial charge in [0.1, 0.15) is 6.04 Å². The lowest BCUT2D eigenvalue weighted by Gasteiger charge is -2.13. The van der Waals surface area contributed by atoms with Gasteiger partial charge in [0.2, 0.25) is 0 Å². The van der Waals surface area contributed by atoms with Crippen molar-refractivity contribution in [1.29, 1.82) is 0 Å². The fourth-order valence-corrected chi connectivity index (χ4v) is 1.48. The van der Waals surface area contributed by atoms with Crippen molar-refractivity contribution in [2.75, 3.05) is 13.2 Å². The molecule has 0 saturated carbocycles. The minimum absolute atomic E-state index is 0.352. The maximum Gasteiger partial charge on any atom is 0.407 e. The molecule has 0 heterocycles.